The van der Waals surface area contributed by atoms with E-state index >= 15 is 0 Å². The monoisotopic (exact) mass is 495 g/mol. The normalized spacial score (nSPS) is 15.7. The zero-order valence-electron chi connectivity index (χ0n) is 19.3. The number of rotatable bonds is 6. The van der Waals surface area contributed by atoms with Crippen molar-refractivity contribution in [1.82, 2.24) is 9.88 Å². The maximum atomic E-state index is 13.1. The summed E-state index contributed by atoms with van der Waals surface area (Å²) in [4.78, 5) is 29.6. The average molecular weight is 496 g/mol. The van der Waals surface area contributed by atoms with Gasteiger partial charge >= 0.3 is 11.8 Å². The topological polar surface area (TPSA) is 144 Å². The number of methoxy groups -OCH3 is 1. The van der Waals surface area contributed by atoms with Crippen LogP contribution in [-0.2, 0) is 24.3 Å². The second kappa shape index (κ2) is 9.77. The number of nitrogens with zero attached hydrogens (tertiary/aromatic N) is 2. The number of hydrogen-bond acceptors (Lipinski definition) is 6. The minimum Gasteiger partial charge on any atom is -0.383 e. The van der Waals surface area contributed by atoms with Gasteiger partial charge in [-0.05, 0) is 49.6 Å². The molecular formula is C24H25N5O5S. The predicted molar refractivity (Wildman–Crippen MR) is 130 cm³/mol. The first-order chi connectivity index (χ1) is 16.7. The van der Waals surface area contributed by atoms with Crippen molar-refractivity contribution in [3.8, 4) is 6.07 Å². The van der Waals surface area contributed by atoms with E-state index in [1.54, 1.807) is 19.2 Å². The molecule has 0 radical (unpaired) electrons. The lowest BCUT2D eigenvalue weighted by molar-refractivity contribution is -0.144. The first kappa shape index (κ1) is 24.3. The van der Waals surface area contributed by atoms with E-state index in [-0.39, 0.29) is 22.3 Å². The highest BCUT2D eigenvalue weighted by molar-refractivity contribution is 7.92. The lowest BCUT2D eigenvalue weighted by Crippen LogP contribution is -2.44. The standard InChI is InChI=1S/C24H25N5O5S/c1-15-8-9-20(22-21(15)16(12-25)13-26-22)28-35(32,33)19-7-3-5-17(11-19)27-23(30)24(31)29-10-4-6-18(29)14-34-2/h3,5,7-9,11,13,18,26,28H,4,6,10,14H2,1-2H3,(H,27,30)/t18-/m0/s1. The van der Waals surface area contributed by atoms with Crippen LogP contribution in [0.2, 0.25) is 0 Å². The summed E-state index contributed by atoms with van der Waals surface area (Å²) in [7, 11) is -2.50. The molecule has 0 aliphatic carbocycles. The van der Waals surface area contributed by atoms with Crippen molar-refractivity contribution >= 4 is 44.1 Å². The van der Waals surface area contributed by atoms with Gasteiger partial charge in [0.15, 0.2) is 0 Å². The van der Waals surface area contributed by atoms with Gasteiger partial charge in [-0.2, -0.15) is 5.26 Å². The van der Waals surface area contributed by atoms with Gasteiger partial charge in [0.2, 0.25) is 0 Å². The number of ether oxygens (including phenoxy) is 1. The Labute approximate surface area is 202 Å². The van der Waals surface area contributed by atoms with Crippen molar-refractivity contribution in [3.05, 3.63) is 53.7 Å². The molecule has 4 rings (SSSR count). The molecule has 1 aliphatic heterocycles. The van der Waals surface area contributed by atoms with Gasteiger partial charge in [0.25, 0.3) is 10.0 Å². The second-order valence-corrected chi connectivity index (χ2v) is 10.0. The number of hydrogen-bond donors (Lipinski definition) is 3. The van der Waals surface area contributed by atoms with E-state index < -0.39 is 21.8 Å². The zero-order chi connectivity index (χ0) is 25.2. The zero-order valence-corrected chi connectivity index (χ0v) is 20.1. The molecule has 0 saturated carbocycles. The largest absolute Gasteiger partial charge is 0.383 e. The van der Waals surface area contributed by atoms with Crippen molar-refractivity contribution < 1.29 is 22.7 Å². The molecule has 10 nitrogen and oxygen atoms in total. The van der Waals surface area contributed by atoms with E-state index in [2.05, 4.69) is 21.1 Å². The van der Waals surface area contributed by atoms with Crippen molar-refractivity contribution in [1.29, 1.82) is 5.26 Å². The Hall–Kier alpha value is -3.88. The Balaban J connectivity index is 1.54. The molecule has 1 fully saturated rings. The smallest absolute Gasteiger partial charge is 0.313 e. The van der Waals surface area contributed by atoms with E-state index in [0.717, 1.165) is 18.4 Å². The van der Waals surface area contributed by atoms with Crippen LogP contribution in [0.1, 0.15) is 24.0 Å². The first-order valence-electron chi connectivity index (χ1n) is 11.0. The molecule has 3 N–H and O–H groups in total. The lowest BCUT2D eigenvalue weighted by Gasteiger charge is -2.23. The highest BCUT2D eigenvalue weighted by atomic mass is 32.2. The summed E-state index contributed by atoms with van der Waals surface area (Å²) in [5.41, 5.74) is 2.21. The lowest BCUT2D eigenvalue weighted by atomic mass is 10.1. The minimum atomic E-state index is -4.04. The SMILES string of the molecule is COC[C@@H]1CCCN1C(=O)C(=O)Nc1cccc(S(=O)(=O)Nc2ccc(C)c3c(C#N)c[nH]c23)c1. The van der Waals surface area contributed by atoms with Gasteiger partial charge in [0.1, 0.15) is 6.07 Å². The van der Waals surface area contributed by atoms with Crippen LogP contribution in [0.25, 0.3) is 10.9 Å². The molecule has 35 heavy (non-hydrogen) atoms. The highest BCUT2D eigenvalue weighted by Gasteiger charge is 2.32. The molecule has 1 atom stereocenters. The number of nitriles is 1. The molecule has 0 spiro atoms. The van der Waals surface area contributed by atoms with Crippen LogP contribution in [-0.4, -0.2) is 56.4 Å². The number of aryl methyl sites for hydroxylation is 1. The van der Waals surface area contributed by atoms with Crippen LogP contribution < -0.4 is 10.0 Å². The summed E-state index contributed by atoms with van der Waals surface area (Å²) in [5, 5.41) is 12.5. The summed E-state index contributed by atoms with van der Waals surface area (Å²) < 4.78 is 33.9. The molecule has 1 saturated heterocycles. The van der Waals surface area contributed by atoms with Gasteiger partial charge in [0.05, 0.1) is 34.3 Å². The number of aromatic nitrogens is 1. The fourth-order valence-electron chi connectivity index (χ4n) is 4.32. The van der Waals surface area contributed by atoms with Gasteiger partial charge in [0, 0.05) is 30.9 Å². The number of likely N-dealkylation sites (tertiary alicyclic amines) is 1. The minimum absolute atomic E-state index is 0.0954. The molecule has 1 aromatic heterocycles. The fraction of sp³-hybridized carbons (Fsp3) is 0.292. The van der Waals surface area contributed by atoms with Crippen molar-refractivity contribution in [3.63, 3.8) is 0 Å². The molecule has 3 aromatic rings. The molecular weight excluding hydrogens is 470 g/mol. The fourth-order valence-corrected chi connectivity index (χ4v) is 5.44. The molecule has 1 aliphatic rings. The molecule has 0 unspecified atom stereocenters. The summed E-state index contributed by atoms with van der Waals surface area (Å²) in [6, 6.07) is 10.9. The predicted octanol–water partition coefficient (Wildman–Crippen LogP) is 2.72. The molecule has 2 heterocycles. The summed E-state index contributed by atoms with van der Waals surface area (Å²) in [6.45, 7) is 2.65. The van der Waals surface area contributed by atoms with E-state index in [1.807, 2.05) is 6.92 Å². The van der Waals surface area contributed by atoms with Crippen LogP contribution in [0.4, 0.5) is 11.4 Å². The highest BCUT2D eigenvalue weighted by Crippen LogP contribution is 2.30. The molecule has 11 heteroatoms. The van der Waals surface area contributed by atoms with Gasteiger partial charge in [-0.25, -0.2) is 8.42 Å². The maximum Gasteiger partial charge on any atom is 0.313 e. The van der Waals surface area contributed by atoms with Gasteiger partial charge in [-0.3, -0.25) is 14.3 Å². The number of fused-ring (bicyclic) bond motifs is 1. The average Bonchev–Trinajstić information content (AvgIpc) is 3.48. The quantitative estimate of drug-likeness (QED) is 0.449. The van der Waals surface area contributed by atoms with E-state index in [9.17, 15) is 23.3 Å². The van der Waals surface area contributed by atoms with Crippen molar-refractivity contribution in [2.45, 2.75) is 30.7 Å². The Morgan fingerprint density at radius 3 is 2.83 bits per heavy atom. The van der Waals surface area contributed by atoms with Crippen molar-refractivity contribution in [2.75, 3.05) is 30.3 Å². The number of H-pyrrole nitrogens is 1. The van der Waals surface area contributed by atoms with E-state index in [1.165, 1.54) is 35.4 Å². The molecule has 2 amide bonds. The number of carbonyl (C=O) groups excluding carboxylic acids is 2. The van der Waals surface area contributed by atoms with Crippen molar-refractivity contribution in [2.24, 2.45) is 0 Å². The number of carbonyl (C=O) groups is 2. The number of amides is 2. The number of benzene rings is 2. The second-order valence-electron chi connectivity index (χ2n) is 8.33. The third-order valence-corrected chi connectivity index (χ3v) is 7.37. The van der Waals surface area contributed by atoms with Crippen LogP contribution in [0.5, 0.6) is 0 Å². The van der Waals surface area contributed by atoms with Gasteiger partial charge in [-0.1, -0.05) is 12.1 Å². The summed E-state index contributed by atoms with van der Waals surface area (Å²) in [6.07, 6.45) is 3.07. The number of aromatic amines is 1. The molecule has 182 valence electrons. The Bertz CT molecular complexity index is 1440. The van der Waals surface area contributed by atoms with Gasteiger partial charge in [-0.15, -0.1) is 0 Å². The maximum absolute atomic E-state index is 13.1. The van der Waals surface area contributed by atoms with Crippen LogP contribution >= 0.6 is 0 Å². The van der Waals surface area contributed by atoms with Crippen LogP contribution in [0, 0.1) is 18.3 Å². The third kappa shape index (κ3) is 4.84. The number of anilines is 2. The Morgan fingerprint density at radius 2 is 2.09 bits per heavy atom. The third-order valence-electron chi connectivity index (χ3n) is 6.00. The van der Waals surface area contributed by atoms with E-state index in [0.29, 0.717) is 29.6 Å². The number of nitrogens with one attached hydrogen (secondary N) is 3. The summed E-state index contributed by atoms with van der Waals surface area (Å²) in [5.74, 6) is -1.52. The Morgan fingerprint density at radius 1 is 1.29 bits per heavy atom. The van der Waals surface area contributed by atoms with Crippen LogP contribution in [0.3, 0.4) is 0 Å². The van der Waals surface area contributed by atoms with E-state index in [4.69, 9.17) is 4.74 Å². The summed E-state index contributed by atoms with van der Waals surface area (Å²) >= 11 is 0. The van der Waals surface area contributed by atoms with Gasteiger partial charge < -0.3 is 19.9 Å². The van der Waals surface area contributed by atoms with Crippen LogP contribution in [0.15, 0.2) is 47.5 Å². The molecule has 0 bridgehead atoms. The molecule has 2 aromatic carbocycles. The first-order valence-corrected chi connectivity index (χ1v) is 12.5. The Kier molecular flexibility index (Phi) is 6.77. The number of sulfonamides is 1.